The highest BCUT2D eigenvalue weighted by Crippen LogP contribution is 2.14. The first kappa shape index (κ1) is 12.0. The lowest BCUT2D eigenvalue weighted by molar-refractivity contribution is 0.100. The van der Waals surface area contributed by atoms with E-state index in [2.05, 4.69) is 0 Å². The summed E-state index contributed by atoms with van der Waals surface area (Å²) in [5.74, 6) is 0.247. The van der Waals surface area contributed by atoms with E-state index in [0.717, 1.165) is 11.3 Å². The smallest absolute Gasteiger partial charge is 0.248 e. The molecule has 4 N–H and O–H groups in total. The first-order valence-electron chi connectivity index (χ1n) is 5.52. The van der Waals surface area contributed by atoms with Crippen molar-refractivity contribution in [3.63, 3.8) is 0 Å². The zero-order valence-electron chi connectivity index (χ0n) is 9.80. The number of primary amides is 1. The highest BCUT2D eigenvalue weighted by Gasteiger charge is 2.00. The molecule has 4 heteroatoms. The number of rotatable bonds is 4. The van der Waals surface area contributed by atoms with Gasteiger partial charge in [-0.05, 0) is 42.0 Å². The van der Waals surface area contributed by atoms with Gasteiger partial charge in [0.25, 0.3) is 0 Å². The van der Waals surface area contributed by atoms with Gasteiger partial charge in [-0.2, -0.15) is 0 Å². The van der Waals surface area contributed by atoms with Gasteiger partial charge in [0.2, 0.25) is 5.91 Å². The number of hydrogen-bond donors (Lipinski definition) is 2. The van der Waals surface area contributed by atoms with Crippen molar-refractivity contribution in [3.8, 4) is 5.75 Å². The van der Waals surface area contributed by atoms with Crippen LogP contribution in [0.1, 0.15) is 15.9 Å². The van der Waals surface area contributed by atoms with Gasteiger partial charge < -0.3 is 16.2 Å². The molecule has 2 rings (SSSR count). The SMILES string of the molecule is NC(=O)c1ccc(OCc2ccc(N)cc2)cc1. The molecule has 0 heterocycles. The Morgan fingerprint density at radius 3 is 2.17 bits per heavy atom. The Kier molecular flexibility index (Phi) is 3.48. The maximum atomic E-state index is 10.9. The summed E-state index contributed by atoms with van der Waals surface area (Å²) in [5, 5.41) is 0. The predicted octanol–water partition coefficient (Wildman–Crippen LogP) is 1.95. The van der Waals surface area contributed by atoms with Gasteiger partial charge in [0.05, 0.1) is 0 Å². The predicted molar refractivity (Wildman–Crippen MR) is 70.1 cm³/mol. The molecule has 0 unspecified atom stereocenters. The van der Waals surface area contributed by atoms with Gasteiger partial charge in [0, 0.05) is 11.3 Å². The Labute approximate surface area is 105 Å². The maximum absolute atomic E-state index is 10.9. The molecule has 2 aromatic carbocycles. The molecule has 0 spiro atoms. The lowest BCUT2D eigenvalue weighted by Gasteiger charge is -2.06. The molecule has 0 bridgehead atoms. The van der Waals surface area contributed by atoms with Crippen LogP contribution in [0.3, 0.4) is 0 Å². The number of amides is 1. The largest absolute Gasteiger partial charge is 0.489 e. The molecule has 4 nitrogen and oxygen atoms in total. The van der Waals surface area contributed by atoms with Crippen molar-refractivity contribution in [2.24, 2.45) is 5.73 Å². The summed E-state index contributed by atoms with van der Waals surface area (Å²) >= 11 is 0. The molecule has 0 saturated carbocycles. The lowest BCUT2D eigenvalue weighted by Crippen LogP contribution is -2.10. The minimum Gasteiger partial charge on any atom is -0.489 e. The Bertz CT molecular complexity index is 533. The molecule has 0 atom stereocenters. The van der Waals surface area contributed by atoms with E-state index >= 15 is 0 Å². The topological polar surface area (TPSA) is 78.3 Å². The number of hydrogen-bond acceptors (Lipinski definition) is 3. The standard InChI is InChI=1S/C14H14N2O2/c15-12-5-1-10(2-6-12)9-18-13-7-3-11(4-8-13)14(16)17/h1-8H,9,15H2,(H2,16,17). The van der Waals surface area contributed by atoms with Crippen molar-refractivity contribution < 1.29 is 9.53 Å². The van der Waals surface area contributed by atoms with Crippen molar-refractivity contribution in [1.29, 1.82) is 0 Å². The Morgan fingerprint density at radius 2 is 1.61 bits per heavy atom. The van der Waals surface area contributed by atoms with Gasteiger partial charge in [-0.15, -0.1) is 0 Å². The van der Waals surface area contributed by atoms with Crippen molar-refractivity contribution in [3.05, 3.63) is 59.7 Å². The third-order valence-corrected chi connectivity index (χ3v) is 2.52. The minimum absolute atomic E-state index is 0.444. The van der Waals surface area contributed by atoms with Gasteiger partial charge in [-0.25, -0.2) is 0 Å². The molecule has 18 heavy (non-hydrogen) atoms. The van der Waals surface area contributed by atoms with E-state index in [4.69, 9.17) is 16.2 Å². The number of benzene rings is 2. The molecule has 1 amide bonds. The van der Waals surface area contributed by atoms with Crippen LogP contribution in [0.4, 0.5) is 5.69 Å². The molecule has 0 aliphatic carbocycles. The average Bonchev–Trinajstić information content (AvgIpc) is 2.38. The molecule has 92 valence electrons. The fraction of sp³-hybridized carbons (Fsp3) is 0.0714. The van der Waals surface area contributed by atoms with Crippen LogP contribution in [0.25, 0.3) is 0 Å². The number of anilines is 1. The Morgan fingerprint density at radius 1 is 1.00 bits per heavy atom. The summed E-state index contributed by atoms with van der Waals surface area (Å²) in [6.45, 7) is 0.455. The second-order valence-electron chi connectivity index (χ2n) is 3.92. The van der Waals surface area contributed by atoms with E-state index in [0.29, 0.717) is 17.9 Å². The second-order valence-corrected chi connectivity index (χ2v) is 3.92. The van der Waals surface area contributed by atoms with Crippen molar-refractivity contribution >= 4 is 11.6 Å². The Hall–Kier alpha value is -2.49. The van der Waals surface area contributed by atoms with Crippen LogP contribution in [0.2, 0.25) is 0 Å². The third-order valence-electron chi connectivity index (χ3n) is 2.52. The summed E-state index contributed by atoms with van der Waals surface area (Å²) < 4.78 is 5.57. The Balaban J connectivity index is 1.97. The van der Waals surface area contributed by atoms with Gasteiger partial charge in [-0.3, -0.25) is 4.79 Å². The number of ether oxygens (including phenoxy) is 1. The van der Waals surface area contributed by atoms with Crippen molar-refractivity contribution in [2.45, 2.75) is 6.61 Å². The quantitative estimate of drug-likeness (QED) is 0.804. The van der Waals surface area contributed by atoms with Gasteiger partial charge >= 0.3 is 0 Å². The first-order chi connectivity index (χ1) is 8.65. The van der Waals surface area contributed by atoms with Gasteiger partial charge in [0.15, 0.2) is 0 Å². The first-order valence-corrected chi connectivity index (χ1v) is 5.52. The summed E-state index contributed by atoms with van der Waals surface area (Å²) in [6, 6.07) is 14.2. The maximum Gasteiger partial charge on any atom is 0.248 e. The molecule has 0 aliphatic heterocycles. The molecular weight excluding hydrogens is 228 g/mol. The zero-order valence-corrected chi connectivity index (χ0v) is 9.80. The van der Waals surface area contributed by atoms with Crippen LogP contribution in [0.5, 0.6) is 5.75 Å². The lowest BCUT2D eigenvalue weighted by atomic mass is 10.2. The second kappa shape index (κ2) is 5.23. The number of nitrogens with two attached hydrogens (primary N) is 2. The van der Waals surface area contributed by atoms with Crippen molar-refractivity contribution in [2.75, 3.05) is 5.73 Å². The molecule has 2 aromatic rings. The number of carbonyl (C=O) groups excluding carboxylic acids is 1. The molecular formula is C14H14N2O2. The monoisotopic (exact) mass is 242 g/mol. The molecule has 0 radical (unpaired) electrons. The van der Waals surface area contributed by atoms with E-state index in [1.165, 1.54) is 0 Å². The van der Waals surface area contributed by atoms with E-state index in [-0.39, 0.29) is 0 Å². The number of nitrogen functional groups attached to an aromatic ring is 1. The summed E-state index contributed by atoms with van der Waals surface area (Å²) in [6.07, 6.45) is 0. The van der Waals surface area contributed by atoms with E-state index < -0.39 is 5.91 Å². The summed E-state index contributed by atoms with van der Waals surface area (Å²) in [4.78, 5) is 10.9. The summed E-state index contributed by atoms with van der Waals surface area (Å²) in [5.41, 5.74) is 13.0. The number of carbonyl (C=O) groups is 1. The van der Waals surface area contributed by atoms with E-state index in [1.54, 1.807) is 24.3 Å². The zero-order chi connectivity index (χ0) is 13.0. The van der Waals surface area contributed by atoms with Crippen LogP contribution in [0, 0.1) is 0 Å². The average molecular weight is 242 g/mol. The fourth-order valence-electron chi connectivity index (χ4n) is 1.50. The van der Waals surface area contributed by atoms with Crippen LogP contribution >= 0.6 is 0 Å². The normalized spacial score (nSPS) is 10.0. The minimum atomic E-state index is -0.444. The molecule has 0 fully saturated rings. The third kappa shape index (κ3) is 3.01. The summed E-state index contributed by atoms with van der Waals surface area (Å²) in [7, 11) is 0. The van der Waals surface area contributed by atoms with Gasteiger partial charge in [0.1, 0.15) is 12.4 Å². The van der Waals surface area contributed by atoms with Crippen LogP contribution in [-0.2, 0) is 6.61 Å². The van der Waals surface area contributed by atoms with Crippen LogP contribution in [0.15, 0.2) is 48.5 Å². The van der Waals surface area contributed by atoms with E-state index in [9.17, 15) is 4.79 Å². The molecule has 0 saturated heterocycles. The highest BCUT2D eigenvalue weighted by molar-refractivity contribution is 5.92. The van der Waals surface area contributed by atoms with Gasteiger partial charge in [-0.1, -0.05) is 12.1 Å². The highest BCUT2D eigenvalue weighted by atomic mass is 16.5. The molecule has 0 aliphatic rings. The fourth-order valence-corrected chi connectivity index (χ4v) is 1.50. The molecule has 0 aromatic heterocycles. The van der Waals surface area contributed by atoms with Crippen molar-refractivity contribution in [1.82, 2.24) is 0 Å². The van der Waals surface area contributed by atoms with Crippen LogP contribution in [-0.4, -0.2) is 5.91 Å². The van der Waals surface area contributed by atoms with Crippen LogP contribution < -0.4 is 16.2 Å². The van der Waals surface area contributed by atoms with E-state index in [1.807, 2.05) is 24.3 Å².